The summed E-state index contributed by atoms with van der Waals surface area (Å²) in [5, 5.41) is 5.84. The van der Waals surface area contributed by atoms with Crippen molar-refractivity contribution in [3.63, 3.8) is 0 Å². The van der Waals surface area contributed by atoms with E-state index in [1.165, 1.54) is 0 Å². The lowest BCUT2D eigenvalue weighted by Crippen LogP contribution is -2.12. The Balaban J connectivity index is 2.05. The zero-order chi connectivity index (χ0) is 12.8. The van der Waals surface area contributed by atoms with Crippen LogP contribution in [0.3, 0.4) is 0 Å². The number of anilines is 2. The molecule has 0 saturated heterocycles. The Morgan fingerprint density at radius 2 is 2.00 bits per heavy atom. The van der Waals surface area contributed by atoms with Crippen LogP contribution in [-0.4, -0.2) is 22.4 Å². The van der Waals surface area contributed by atoms with Crippen molar-refractivity contribution in [1.29, 1.82) is 0 Å². The molecule has 92 valence electrons. The molecule has 2 aromatic heterocycles. The molecule has 0 radical (unpaired) electrons. The number of rotatable bonds is 4. The van der Waals surface area contributed by atoms with Crippen LogP contribution in [0.25, 0.3) is 0 Å². The quantitative estimate of drug-likeness (QED) is 0.862. The summed E-state index contributed by atoms with van der Waals surface area (Å²) in [6.07, 6.45) is 4.80. The van der Waals surface area contributed by atoms with Crippen molar-refractivity contribution in [2.45, 2.75) is 6.92 Å². The van der Waals surface area contributed by atoms with Gasteiger partial charge in [0.15, 0.2) is 0 Å². The molecular formula is C13H14N4O. The van der Waals surface area contributed by atoms with Gasteiger partial charge in [0.05, 0.1) is 5.56 Å². The van der Waals surface area contributed by atoms with Crippen LogP contribution in [0.1, 0.15) is 17.3 Å². The van der Waals surface area contributed by atoms with E-state index in [-0.39, 0.29) is 5.91 Å². The number of hydrogen-bond acceptors (Lipinski definition) is 4. The summed E-state index contributed by atoms with van der Waals surface area (Å²) >= 11 is 0. The van der Waals surface area contributed by atoms with Gasteiger partial charge < -0.3 is 10.6 Å². The van der Waals surface area contributed by atoms with Gasteiger partial charge in [-0.1, -0.05) is 0 Å². The van der Waals surface area contributed by atoms with Gasteiger partial charge in [0.1, 0.15) is 5.82 Å². The largest absolute Gasteiger partial charge is 0.370 e. The van der Waals surface area contributed by atoms with Gasteiger partial charge in [0.25, 0.3) is 5.91 Å². The first kappa shape index (κ1) is 12.0. The zero-order valence-corrected chi connectivity index (χ0v) is 10.1. The SMILES string of the molecule is CCNc1ccc(C(=O)Nc2ccncc2)cn1. The van der Waals surface area contributed by atoms with E-state index in [2.05, 4.69) is 20.6 Å². The van der Waals surface area contributed by atoms with Crippen LogP contribution in [-0.2, 0) is 0 Å². The maximum Gasteiger partial charge on any atom is 0.257 e. The van der Waals surface area contributed by atoms with E-state index in [0.717, 1.165) is 12.4 Å². The topological polar surface area (TPSA) is 66.9 Å². The molecule has 0 aliphatic rings. The van der Waals surface area contributed by atoms with Crippen molar-refractivity contribution in [2.24, 2.45) is 0 Å². The number of nitrogens with one attached hydrogen (secondary N) is 2. The van der Waals surface area contributed by atoms with E-state index in [9.17, 15) is 4.79 Å². The number of carbonyl (C=O) groups excluding carboxylic acids is 1. The monoisotopic (exact) mass is 242 g/mol. The Bertz CT molecular complexity index is 510. The molecule has 0 aromatic carbocycles. The fraction of sp³-hybridized carbons (Fsp3) is 0.154. The average Bonchev–Trinajstić information content (AvgIpc) is 2.41. The fourth-order valence-corrected chi connectivity index (χ4v) is 1.45. The van der Waals surface area contributed by atoms with Crippen molar-refractivity contribution in [3.05, 3.63) is 48.4 Å². The molecule has 0 unspecified atom stereocenters. The van der Waals surface area contributed by atoms with Gasteiger partial charge in [-0.2, -0.15) is 0 Å². The van der Waals surface area contributed by atoms with Crippen LogP contribution >= 0.6 is 0 Å². The smallest absolute Gasteiger partial charge is 0.257 e. The standard InChI is InChI=1S/C13H14N4O/c1-2-15-12-4-3-10(9-16-12)13(18)17-11-5-7-14-8-6-11/h3-9H,2H2,1H3,(H,15,16)(H,14,17,18). The molecule has 0 fully saturated rings. The Labute approximate surface area is 105 Å². The van der Waals surface area contributed by atoms with Crippen molar-refractivity contribution >= 4 is 17.4 Å². The molecule has 1 amide bonds. The van der Waals surface area contributed by atoms with Gasteiger partial charge in [-0.15, -0.1) is 0 Å². The first-order valence-electron chi connectivity index (χ1n) is 5.71. The molecule has 0 aliphatic heterocycles. The number of pyridine rings is 2. The van der Waals surface area contributed by atoms with E-state index < -0.39 is 0 Å². The third-order valence-electron chi connectivity index (χ3n) is 2.32. The van der Waals surface area contributed by atoms with Gasteiger partial charge in [-0.3, -0.25) is 9.78 Å². The molecular weight excluding hydrogens is 228 g/mol. The molecule has 0 saturated carbocycles. The number of aromatic nitrogens is 2. The number of hydrogen-bond donors (Lipinski definition) is 2. The second-order valence-corrected chi connectivity index (χ2v) is 3.65. The van der Waals surface area contributed by atoms with Crippen LogP contribution in [0.5, 0.6) is 0 Å². The molecule has 2 N–H and O–H groups in total. The predicted octanol–water partition coefficient (Wildman–Crippen LogP) is 2.16. The second-order valence-electron chi connectivity index (χ2n) is 3.65. The average molecular weight is 242 g/mol. The maximum atomic E-state index is 11.9. The van der Waals surface area contributed by atoms with Crippen molar-refractivity contribution in [1.82, 2.24) is 9.97 Å². The van der Waals surface area contributed by atoms with Gasteiger partial charge in [0.2, 0.25) is 0 Å². The van der Waals surface area contributed by atoms with E-state index in [1.807, 2.05) is 6.92 Å². The highest BCUT2D eigenvalue weighted by atomic mass is 16.1. The summed E-state index contributed by atoms with van der Waals surface area (Å²) in [6.45, 7) is 2.79. The van der Waals surface area contributed by atoms with Gasteiger partial charge >= 0.3 is 0 Å². The minimum Gasteiger partial charge on any atom is -0.370 e. The van der Waals surface area contributed by atoms with E-state index in [1.54, 1.807) is 42.9 Å². The summed E-state index contributed by atoms with van der Waals surface area (Å²) in [7, 11) is 0. The van der Waals surface area contributed by atoms with Crippen LogP contribution < -0.4 is 10.6 Å². The normalized spacial score (nSPS) is 9.83. The Kier molecular flexibility index (Phi) is 3.86. The van der Waals surface area contributed by atoms with Crippen LogP contribution in [0.15, 0.2) is 42.9 Å². The molecule has 0 atom stereocenters. The zero-order valence-electron chi connectivity index (χ0n) is 10.1. The maximum absolute atomic E-state index is 11.9. The first-order chi connectivity index (χ1) is 8.79. The Morgan fingerprint density at radius 1 is 1.22 bits per heavy atom. The highest BCUT2D eigenvalue weighted by Crippen LogP contribution is 2.09. The van der Waals surface area contributed by atoms with Crippen LogP contribution in [0, 0.1) is 0 Å². The molecule has 2 heterocycles. The summed E-state index contributed by atoms with van der Waals surface area (Å²) in [5.41, 5.74) is 1.24. The third-order valence-corrected chi connectivity index (χ3v) is 2.32. The first-order valence-corrected chi connectivity index (χ1v) is 5.71. The van der Waals surface area contributed by atoms with Crippen molar-refractivity contribution in [3.8, 4) is 0 Å². The lowest BCUT2D eigenvalue weighted by atomic mass is 10.2. The lowest BCUT2D eigenvalue weighted by molar-refractivity contribution is 0.102. The summed E-state index contributed by atoms with van der Waals surface area (Å²) < 4.78 is 0. The predicted molar refractivity (Wildman–Crippen MR) is 70.6 cm³/mol. The molecule has 5 heteroatoms. The highest BCUT2D eigenvalue weighted by Gasteiger charge is 2.06. The molecule has 0 aliphatic carbocycles. The molecule has 5 nitrogen and oxygen atoms in total. The summed E-state index contributed by atoms with van der Waals surface area (Å²) in [4.78, 5) is 19.9. The lowest BCUT2D eigenvalue weighted by Gasteiger charge is -2.05. The summed E-state index contributed by atoms with van der Waals surface area (Å²) in [6, 6.07) is 6.99. The van der Waals surface area contributed by atoms with Crippen molar-refractivity contribution in [2.75, 3.05) is 17.2 Å². The van der Waals surface area contributed by atoms with Gasteiger partial charge in [-0.25, -0.2) is 4.98 Å². The molecule has 2 rings (SSSR count). The summed E-state index contributed by atoms with van der Waals surface area (Å²) in [5.74, 6) is 0.578. The Morgan fingerprint density at radius 3 is 2.61 bits per heavy atom. The molecule has 18 heavy (non-hydrogen) atoms. The fourth-order valence-electron chi connectivity index (χ4n) is 1.45. The van der Waals surface area contributed by atoms with Crippen LogP contribution in [0.2, 0.25) is 0 Å². The van der Waals surface area contributed by atoms with Crippen LogP contribution in [0.4, 0.5) is 11.5 Å². The van der Waals surface area contributed by atoms with Gasteiger partial charge in [-0.05, 0) is 31.2 Å². The highest BCUT2D eigenvalue weighted by molar-refractivity contribution is 6.04. The Hall–Kier alpha value is -2.43. The minimum atomic E-state index is -0.184. The third kappa shape index (κ3) is 3.04. The van der Waals surface area contributed by atoms with Crippen molar-refractivity contribution < 1.29 is 4.79 Å². The van der Waals surface area contributed by atoms with E-state index in [0.29, 0.717) is 11.3 Å². The molecule has 0 bridgehead atoms. The molecule has 0 spiro atoms. The number of amides is 1. The van der Waals surface area contributed by atoms with E-state index in [4.69, 9.17) is 0 Å². The van der Waals surface area contributed by atoms with Gasteiger partial charge in [0, 0.05) is 30.8 Å². The number of carbonyl (C=O) groups is 1. The van der Waals surface area contributed by atoms with E-state index >= 15 is 0 Å². The minimum absolute atomic E-state index is 0.184. The molecule has 2 aromatic rings. The second kappa shape index (κ2) is 5.77. The number of nitrogens with zero attached hydrogens (tertiary/aromatic N) is 2.